The van der Waals surface area contributed by atoms with E-state index in [0.717, 1.165) is 5.39 Å². The number of rotatable bonds is 5. The van der Waals surface area contributed by atoms with Gasteiger partial charge in [-0.2, -0.15) is 5.26 Å². The Bertz CT molecular complexity index is 1120. The highest BCUT2D eigenvalue weighted by atomic mass is 16.5. The molecule has 1 N–H and O–H groups in total. The van der Waals surface area contributed by atoms with Crippen LogP contribution in [0.15, 0.2) is 57.2 Å². The molecule has 0 aliphatic heterocycles. The van der Waals surface area contributed by atoms with Gasteiger partial charge in [-0.1, -0.05) is 12.1 Å². The summed E-state index contributed by atoms with van der Waals surface area (Å²) in [5, 5.41) is 13.1. The fraction of sp³-hybridized carbons (Fsp3) is 0.143. The second-order valence-electron chi connectivity index (χ2n) is 5.81. The molecule has 0 bridgehead atoms. The van der Waals surface area contributed by atoms with E-state index < -0.39 is 5.63 Å². The Morgan fingerprint density at radius 2 is 1.89 bits per heavy atom. The lowest BCUT2D eigenvalue weighted by atomic mass is 10.1. The minimum absolute atomic E-state index is 0.280. The van der Waals surface area contributed by atoms with Crippen LogP contribution in [-0.4, -0.2) is 14.2 Å². The summed E-state index contributed by atoms with van der Waals surface area (Å²) < 4.78 is 16.0. The summed E-state index contributed by atoms with van der Waals surface area (Å²) >= 11 is 0. The standard InChI is InChI=1S/C21H18N2O4/c1-13(12-22)10-16-20(15-6-4-5-7-17(15)27-21(16)24)23-14-8-9-18(25-2)19(11-14)26-3/h4-11,23H,1-3H3/b13-10+. The summed E-state index contributed by atoms with van der Waals surface area (Å²) in [6.45, 7) is 1.63. The third-order valence-electron chi connectivity index (χ3n) is 4.04. The molecule has 0 aliphatic carbocycles. The molecular weight excluding hydrogens is 344 g/mol. The monoisotopic (exact) mass is 362 g/mol. The van der Waals surface area contributed by atoms with Gasteiger partial charge < -0.3 is 19.2 Å². The largest absolute Gasteiger partial charge is 0.493 e. The van der Waals surface area contributed by atoms with Crippen LogP contribution in [0, 0.1) is 11.3 Å². The first-order valence-electron chi connectivity index (χ1n) is 8.20. The van der Waals surface area contributed by atoms with Crippen LogP contribution in [0.2, 0.25) is 0 Å². The number of hydrogen-bond donors (Lipinski definition) is 1. The summed E-state index contributed by atoms with van der Waals surface area (Å²) in [6.07, 6.45) is 1.52. The van der Waals surface area contributed by atoms with E-state index in [1.807, 2.05) is 24.3 Å². The lowest BCUT2D eigenvalue weighted by molar-refractivity contribution is 0.355. The van der Waals surface area contributed by atoms with Gasteiger partial charge in [0.2, 0.25) is 0 Å². The maximum atomic E-state index is 12.5. The molecule has 0 radical (unpaired) electrons. The van der Waals surface area contributed by atoms with E-state index in [4.69, 9.17) is 19.2 Å². The average Bonchev–Trinajstić information content (AvgIpc) is 2.70. The third-order valence-corrected chi connectivity index (χ3v) is 4.04. The number of methoxy groups -OCH3 is 2. The molecule has 0 atom stereocenters. The Morgan fingerprint density at radius 3 is 2.59 bits per heavy atom. The third kappa shape index (κ3) is 3.62. The van der Waals surface area contributed by atoms with Crippen molar-refractivity contribution in [2.45, 2.75) is 6.92 Å². The summed E-state index contributed by atoms with van der Waals surface area (Å²) in [4.78, 5) is 12.5. The van der Waals surface area contributed by atoms with Gasteiger partial charge in [0.15, 0.2) is 11.5 Å². The molecule has 0 saturated heterocycles. The van der Waals surface area contributed by atoms with Crippen LogP contribution in [0.5, 0.6) is 11.5 Å². The molecule has 0 unspecified atom stereocenters. The van der Waals surface area contributed by atoms with Crippen LogP contribution < -0.4 is 20.4 Å². The molecule has 136 valence electrons. The normalized spacial score (nSPS) is 11.1. The van der Waals surface area contributed by atoms with Gasteiger partial charge in [0.1, 0.15) is 5.58 Å². The molecule has 1 aromatic heterocycles. The highest BCUT2D eigenvalue weighted by Gasteiger charge is 2.14. The zero-order valence-corrected chi connectivity index (χ0v) is 15.2. The van der Waals surface area contributed by atoms with Gasteiger partial charge in [-0.3, -0.25) is 0 Å². The quantitative estimate of drug-likeness (QED) is 0.532. The van der Waals surface area contributed by atoms with E-state index >= 15 is 0 Å². The predicted octanol–water partition coefficient (Wildman–Crippen LogP) is 4.48. The van der Waals surface area contributed by atoms with Gasteiger partial charge in [-0.05, 0) is 37.3 Å². The number of benzene rings is 2. The van der Waals surface area contributed by atoms with Crippen molar-refractivity contribution in [3.63, 3.8) is 0 Å². The van der Waals surface area contributed by atoms with Gasteiger partial charge in [0.05, 0.1) is 31.5 Å². The van der Waals surface area contributed by atoms with Gasteiger partial charge >= 0.3 is 5.63 Å². The molecule has 0 spiro atoms. The number of allylic oxidation sites excluding steroid dienone is 1. The zero-order chi connectivity index (χ0) is 19.4. The fourth-order valence-corrected chi connectivity index (χ4v) is 2.74. The Labute approximate surface area is 156 Å². The molecular formula is C21H18N2O4. The van der Waals surface area contributed by atoms with Gasteiger partial charge in [-0.15, -0.1) is 0 Å². The van der Waals surface area contributed by atoms with E-state index in [-0.39, 0.29) is 5.56 Å². The molecule has 3 rings (SSSR count). The first-order chi connectivity index (χ1) is 13.1. The highest BCUT2D eigenvalue weighted by Crippen LogP contribution is 2.34. The topological polar surface area (TPSA) is 84.5 Å². The second-order valence-corrected chi connectivity index (χ2v) is 5.81. The van der Waals surface area contributed by atoms with Crippen molar-refractivity contribution >= 4 is 28.4 Å². The fourth-order valence-electron chi connectivity index (χ4n) is 2.74. The molecule has 0 amide bonds. The number of nitrogens with zero attached hydrogens (tertiary/aromatic N) is 1. The van der Waals surface area contributed by atoms with E-state index in [0.29, 0.717) is 34.0 Å². The van der Waals surface area contributed by atoms with Crippen molar-refractivity contribution in [3.05, 3.63) is 64.0 Å². The van der Waals surface area contributed by atoms with Crippen molar-refractivity contribution in [1.82, 2.24) is 0 Å². The maximum Gasteiger partial charge on any atom is 0.345 e. The summed E-state index contributed by atoms with van der Waals surface area (Å²) in [7, 11) is 3.12. The van der Waals surface area contributed by atoms with Crippen molar-refractivity contribution in [2.75, 3.05) is 19.5 Å². The molecule has 0 aliphatic rings. The average molecular weight is 362 g/mol. The number of nitrogens with one attached hydrogen (secondary N) is 1. The molecule has 1 heterocycles. The number of nitriles is 1. The minimum Gasteiger partial charge on any atom is -0.493 e. The van der Waals surface area contributed by atoms with E-state index in [9.17, 15) is 4.79 Å². The van der Waals surface area contributed by atoms with Gasteiger partial charge in [0.25, 0.3) is 0 Å². The summed E-state index contributed by atoms with van der Waals surface area (Å²) in [6, 6.07) is 14.6. The SMILES string of the molecule is COc1ccc(Nc2c(/C=C(\C)C#N)c(=O)oc3ccccc23)cc1OC. The van der Waals surface area contributed by atoms with Gasteiger partial charge in [0, 0.05) is 22.7 Å². The molecule has 6 nitrogen and oxygen atoms in total. The number of fused-ring (bicyclic) bond motifs is 1. The molecule has 27 heavy (non-hydrogen) atoms. The van der Waals surface area contributed by atoms with Crippen molar-refractivity contribution in [3.8, 4) is 17.6 Å². The Balaban J connectivity index is 2.22. The summed E-state index contributed by atoms with van der Waals surface area (Å²) in [5.74, 6) is 1.15. The van der Waals surface area contributed by atoms with Crippen LogP contribution in [-0.2, 0) is 0 Å². The lowest BCUT2D eigenvalue weighted by Crippen LogP contribution is -2.08. The van der Waals surface area contributed by atoms with Crippen LogP contribution in [0.4, 0.5) is 11.4 Å². The van der Waals surface area contributed by atoms with Crippen LogP contribution in [0.25, 0.3) is 17.0 Å². The smallest absolute Gasteiger partial charge is 0.345 e. The zero-order valence-electron chi connectivity index (χ0n) is 15.2. The van der Waals surface area contributed by atoms with Crippen LogP contribution in [0.1, 0.15) is 12.5 Å². The number of anilines is 2. The van der Waals surface area contributed by atoms with Gasteiger partial charge in [-0.25, -0.2) is 4.79 Å². The maximum absolute atomic E-state index is 12.5. The van der Waals surface area contributed by atoms with Crippen molar-refractivity contribution in [1.29, 1.82) is 5.26 Å². The van der Waals surface area contributed by atoms with E-state index in [2.05, 4.69) is 5.32 Å². The number of hydrogen-bond acceptors (Lipinski definition) is 6. The minimum atomic E-state index is -0.522. The first kappa shape index (κ1) is 18.1. The second kappa shape index (κ2) is 7.67. The predicted molar refractivity (Wildman–Crippen MR) is 105 cm³/mol. The Morgan fingerprint density at radius 1 is 1.15 bits per heavy atom. The number of para-hydroxylation sites is 1. The van der Waals surface area contributed by atoms with Crippen molar-refractivity contribution in [2.24, 2.45) is 0 Å². The molecule has 0 fully saturated rings. The Kier molecular flexibility index (Phi) is 5.13. The molecule has 0 saturated carbocycles. The van der Waals surface area contributed by atoms with Crippen molar-refractivity contribution < 1.29 is 13.9 Å². The first-order valence-corrected chi connectivity index (χ1v) is 8.20. The Hall–Kier alpha value is -3.72. The highest BCUT2D eigenvalue weighted by molar-refractivity contribution is 5.96. The van der Waals surface area contributed by atoms with Crippen LogP contribution >= 0.6 is 0 Å². The van der Waals surface area contributed by atoms with Crippen LogP contribution in [0.3, 0.4) is 0 Å². The van der Waals surface area contributed by atoms with E-state index in [1.165, 1.54) is 6.08 Å². The summed E-state index contributed by atoms with van der Waals surface area (Å²) in [5.41, 5.74) is 1.87. The lowest BCUT2D eigenvalue weighted by Gasteiger charge is -2.14. The van der Waals surface area contributed by atoms with E-state index in [1.54, 1.807) is 45.4 Å². The molecule has 3 aromatic rings. The molecule has 2 aromatic carbocycles. The molecule has 6 heteroatoms. The number of ether oxygens (including phenoxy) is 2.